The van der Waals surface area contributed by atoms with E-state index in [9.17, 15) is 0 Å². The molecule has 1 aromatic carbocycles. The number of aromatic nitrogens is 3. The number of rotatable bonds is 11. The minimum absolute atomic E-state index is 0.470. The Morgan fingerprint density at radius 3 is 2.68 bits per heavy atom. The number of hydrogen-bond acceptors (Lipinski definition) is 5. The summed E-state index contributed by atoms with van der Waals surface area (Å²) in [6, 6.07) is 12.4. The summed E-state index contributed by atoms with van der Waals surface area (Å²) in [6.45, 7) is 7.55. The number of thiocarbonyl (C=S) groups is 1. The maximum absolute atomic E-state index is 6.10. The van der Waals surface area contributed by atoms with Crippen LogP contribution in [0, 0.1) is 6.92 Å². The standard InChI is InChI=1S/C23H32N6OS/c1-3-30-16-20-28-21-19(15-17(2)27-22(21)24)29(20)14-8-7-12-25-23(31)26-13-11-18-9-5-4-6-10-18/h4-6,9-10,15H,3,7-8,11-14,16H2,1-2H3,(H2,24,27)(H2,25,26,31). The van der Waals surface area contributed by atoms with Gasteiger partial charge in [-0.15, -0.1) is 0 Å². The molecule has 31 heavy (non-hydrogen) atoms. The minimum atomic E-state index is 0.470. The Bertz CT molecular complexity index is 989. The van der Waals surface area contributed by atoms with E-state index in [0.29, 0.717) is 24.1 Å². The second-order valence-corrected chi connectivity index (χ2v) is 7.87. The maximum Gasteiger partial charge on any atom is 0.166 e. The van der Waals surface area contributed by atoms with Gasteiger partial charge in [-0.2, -0.15) is 0 Å². The van der Waals surface area contributed by atoms with Gasteiger partial charge in [0.1, 0.15) is 17.9 Å². The zero-order valence-corrected chi connectivity index (χ0v) is 19.2. The fourth-order valence-corrected chi connectivity index (χ4v) is 3.70. The van der Waals surface area contributed by atoms with Crippen LogP contribution in [0.4, 0.5) is 5.82 Å². The van der Waals surface area contributed by atoms with Gasteiger partial charge in [-0.1, -0.05) is 30.3 Å². The van der Waals surface area contributed by atoms with Crippen LogP contribution in [-0.4, -0.2) is 39.3 Å². The summed E-state index contributed by atoms with van der Waals surface area (Å²) in [5.41, 5.74) is 10.1. The molecule has 0 aliphatic carbocycles. The van der Waals surface area contributed by atoms with Crippen LogP contribution in [0.3, 0.4) is 0 Å². The van der Waals surface area contributed by atoms with Crippen molar-refractivity contribution in [3.05, 3.63) is 53.5 Å². The van der Waals surface area contributed by atoms with Crippen LogP contribution in [0.25, 0.3) is 11.0 Å². The highest BCUT2D eigenvalue weighted by Crippen LogP contribution is 2.22. The van der Waals surface area contributed by atoms with Gasteiger partial charge in [0.2, 0.25) is 0 Å². The highest BCUT2D eigenvalue weighted by molar-refractivity contribution is 7.80. The molecule has 0 amide bonds. The first-order chi connectivity index (χ1) is 15.1. The molecule has 8 heteroatoms. The van der Waals surface area contributed by atoms with Crippen LogP contribution in [0.2, 0.25) is 0 Å². The van der Waals surface area contributed by atoms with Crippen LogP contribution in [0.15, 0.2) is 36.4 Å². The zero-order valence-electron chi connectivity index (χ0n) is 18.4. The maximum atomic E-state index is 6.10. The van der Waals surface area contributed by atoms with Crippen molar-refractivity contribution in [3.8, 4) is 0 Å². The summed E-state index contributed by atoms with van der Waals surface area (Å²) in [6.07, 6.45) is 2.94. The highest BCUT2D eigenvalue weighted by Gasteiger charge is 2.14. The first kappa shape index (κ1) is 23.0. The number of pyridine rings is 1. The Labute approximate surface area is 189 Å². The number of nitrogens with two attached hydrogens (primary N) is 1. The Hall–Kier alpha value is -2.71. The van der Waals surface area contributed by atoms with E-state index in [1.807, 2.05) is 26.0 Å². The van der Waals surface area contributed by atoms with Gasteiger partial charge in [0.25, 0.3) is 0 Å². The number of nitrogens with one attached hydrogen (secondary N) is 2. The highest BCUT2D eigenvalue weighted by atomic mass is 32.1. The molecule has 0 saturated heterocycles. The van der Waals surface area contributed by atoms with E-state index in [2.05, 4.69) is 49.4 Å². The molecule has 0 spiro atoms. The number of nitrogen functional groups attached to an aromatic ring is 1. The van der Waals surface area contributed by atoms with Gasteiger partial charge in [-0.05, 0) is 57.0 Å². The number of ether oxygens (including phenoxy) is 1. The number of imidazole rings is 1. The first-order valence-electron chi connectivity index (χ1n) is 10.8. The molecule has 3 aromatic rings. The van der Waals surface area contributed by atoms with Crippen molar-refractivity contribution in [2.45, 2.75) is 46.3 Å². The Balaban J connectivity index is 1.46. The normalized spacial score (nSPS) is 11.0. The quantitative estimate of drug-likeness (QED) is 0.311. The van der Waals surface area contributed by atoms with Gasteiger partial charge >= 0.3 is 0 Å². The monoisotopic (exact) mass is 440 g/mol. The van der Waals surface area contributed by atoms with Crippen molar-refractivity contribution >= 4 is 34.2 Å². The van der Waals surface area contributed by atoms with E-state index in [1.54, 1.807) is 0 Å². The number of unbranched alkanes of at least 4 members (excludes halogenated alkanes) is 1. The number of hydrogen-bond donors (Lipinski definition) is 3. The molecule has 0 unspecified atom stereocenters. The number of benzene rings is 1. The van der Waals surface area contributed by atoms with Gasteiger partial charge in [0.15, 0.2) is 10.9 Å². The van der Waals surface area contributed by atoms with Gasteiger partial charge in [0, 0.05) is 31.9 Å². The second-order valence-electron chi connectivity index (χ2n) is 7.46. The molecular weight excluding hydrogens is 408 g/mol. The van der Waals surface area contributed by atoms with E-state index < -0.39 is 0 Å². The average Bonchev–Trinajstić information content (AvgIpc) is 3.10. The van der Waals surface area contributed by atoms with Crippen LogP contribution in [0.5, 0.6) is 0 Å². The smallest absolute Gasteiger partial charge is 0.166 e. The van der Waals surface area contributed by atoms with Crippen molar-refractivity contribution in [1.82, 2.24) is 25.2 Å². The molecule has 0 saturated carbocycles. The number of nitrogens with zero attached hydrogens (tertiary/aromatic N) is 3. The van der Waals surface area contributed by atoms with Crippen LogP contribution >= 0.6 is 12.2 Å². The van der Waals surface area contributed by atoms with Gasteiger partial charge in [-0.3, -0.25) is 0 Å². The molecule has 0 atom stereocenters. The fraction of sp³-hybridized carbons (Fsp3) is 0.435. The van der Waals surface area contributed by atoms with Gasteiger partial charge in [-0.25, -0.2) is 9.97 Å². The zero-order chi connectivity index (χ0) is 22.1. The number of fused-ring (bicyclic) bond motifs is 1. The average molecular weight is 441 g/mol. The van der Waals surface area contributed by atoms with E-state index in [1.165, 1.54) is 5.56 Å². The van der Waals surface area contributed by atoms with Crippen LogP contribution in [-0.2, 0) is 24.3 Å². The van der Waals surface area contributed by atoms with E-state index in [0.717, 1.165) is 61.4 Å². The summed E-state index contributed by atoms with van der Waals surface area (Å²) in [7, 11) is 0. The van der Waals surface area contributed by atoms with Crippen molar-refractivity contribution < 1.29 is 4.74 Å². The Kier molecular flexibility index (Phi) is 8.61. The first-order valence-corrected chi connectivity index (χ1v) is 11.2. The van der Waals surface area contributed by atoms with Gasteiger partial charge < -0.3 is 25.7 Å². The van der Waals surface area contributed by atoms with E-state index in [4.69, 9.17) is 22.7 Å². The Morgan fingerprint density at radius 1 is 1.13 bits per heavy atom. The van der Waals surface area contributed by atoms with Crippen molar-refractivity contribution in [3.63, 3.8) is 0 Å². The van der Waals surface area contributed by atoms with E-state index >= 15 is 0 Å². The molecule has 7 nitrogen and oxygen atoms in total. The molecule has 4 N–H and O–H groups in total. The lowest BCUT2D eigenvalue weighted by atomic mass is 10.1. The third-order valence-electron chi connectivity index (χ3n) is 5.04. The second kappa shape index (κ2) is 11.6. The summed E-state index contributed by atoms with van der Waals surface area (Å²) in [5, 5.41) is 7.27. The number of anilines is 1. The fourth-order valence-electron chi connectivity index (χ4n) is 3.50. The lowest BCUT2D eigenvalue weighted by molar-refractivity contribution is 0.126. The molecule has 2 heterocycles. The molecule has 0 radical (unpaired) electrons. The molecule has 0 fully saturated rings. The lowest BCUT2D eigenvalue weighted by Gasteiger charge is -2.12. The third-order valence-corrected chi connectivity index (χ3v) is 5.33. The van der Waals surface area contributed by atoms with Crippen LogP contribution < -0.4 is 16.4 Å². The lowest BCUT2D eigenvalue weighted by Crippen LogP contribution is -2.36. The van der Waals surface area contributed by atoms with Crippen molar-refractivity contribution in [1.29, 1.82) is 0 Å². The SMILES string of the molecule is CCOCc1nc2c(N)nc(C)cc2n1CCCCNC(=S)NCCc1ccccc1. The molecule has 0 aliphatic rings. The summed E-state index contributed by atoms with van der Waals surface area (Å²) < 4.78 is 7.81. The van der Waals surface area contributed by atoms with Crippen molar-refractivity contribution in [2.75, 3.05) is 25.4 Å². The molecular formula is C23H32N6OS. The topological polar surface area (TPSA) is 90.0 Å². The van der Waals surface area contributed by atoms with Crippen molar-refractivity contribution in [2.24, 2.45) is 0 Å². The summed E-state index contributed by atoms with van der Waals surface area (Å²) in [4.78, 5) is 9.02. The molecule has 0 aliphatic heterocycles. The molecule has 0 bridgehead atoms. The summed E-state index contributed by atoms with van der Waals surface area (Å²) >= 11 is 5.38. The Morgan fingerprint density at radius 2 is 1.90 bits per heavy atom. The minimum Gasteiger partial charge on any atom is -0.382 e. The van der Waals surface area contributed by atoms with Gasteiger partial charge in [0.05, 0.1) is 5.52 Å². The predicted molar refractivity (Wildman–Crippen MR) is 130 cm³/mol. The molecule has 3 rings (SSSR count). The third kappa shape index (κ3) is 6.63. The number of aryl methyl sites for hydroxylation is 2. The summed E-state index contributed by atoms with van der Waals surface area (Å²) in [5.74, 6) is 1.36. The largest absolute Gasteiger partial charge is 0.382 e. The molecule has 166 valence electrons. The van der Waals surface area contributed by atoms with Crippen LogP contribution in [0.1, 0.15) is 36.8 Å². The van der Waals surface area contributed by atoms with E-state index in [-0.39, 0.29) is 0 Å². The molecule has 2 aromatic heterocycles. The predicted octanol–water partition coefficient (Wildman–Crippen LogP) is 3.35.